The number of fused-ring (bicyclic) bond motifs is 1. The van der Waals surface area contributed by atoms with E-state index in [-0.39, 0.29) is 0 Å². The third-order valence-corrected chi connectivity index (χ3v) is 5.40. The van der Waals surface area contributed by atoms with Gasteiger partial charge in [0.2, 0.25) is 0 Å². The molecule has 5 aromatic rings. The van der Waals surface area contributed by atoms with E-state index in [1.807, 2.05) is 103 Å². The van der Waals surface area contributed by atoms with Gasteiger partial charge in [0.05, 0.1) is 22.4 Å². The van der Waals surface area contributed by atoms with Crippen molar-refractivity contribution in [2.24, 2.45) is 9.98 Å². The Hall–Kier alpha value is -4.83. The molecule has 0 radical (unpaired) electrons. The van der Waals surface area contributed by atoms with Crippen LogP contribution in [0.3, 0.4) is 0 Å². The van der Waals surface area contributed by atoms with E-state index in [1.165, 1.54) is 0 Å². The van der Waals surface area contributed by atoms with Crippen molar-refractivity contribution in [1.82, 2.24) is 9.97 Å². The van der Waals surface area contributed by atoms with Gasteiger partial charge in [0.25, 0.3) is 0 Å². The Kier molecular flexibility index (Phi) is 6.82. The summed E-state index contributed by atoms with van der Waals surface area (Å²) < 4.78 is 0. The lowest BCUT2D eigenvalue weighted by Crippen LogP contribution is -1.79. The third kappa shape index (κ3) is 5.95. The molecule has 1 heterocycles. The molecule has 0 saturated carbocycles. The number of imidazole rings is 1. The van der Waals surface area contributed by atoms with Gasteiger partial charge in [-0.25, -0.2) is 4.98 Å². The van der Waals surface area contributed by atoms with Gasteiger partial charge in [0.1, 0.15) is 5.82 Å². The fourth-order valence-corrected chi connectivity index (χ4v) is 3.61. The molecular formula is C31H24N4. The lowest BCUT2D eigenvalue weighted by molar-refractivity contribution is 1.33. The number of H-pyrrole nitrogens is 1. The molecule has 0 bridgehead atoms. The van der Waals surface area contributed by atoms with E-state index in [0.29, 0.717) is 0 Å². The van der Waals surface area contributed by atoms with E-state index in [1.54, 1.807) is 12.4 Å². The van der Waals surface area contributed by atoms with Crippen molar-refractivity contribution in [3.05, 3.63) is 126 Å². The zero-order valence-corrected chi connectivity index (χ0v) is 19.1. The van der Waals surface area contributed by atoms with Gasteiger partial charge in [-0.3, -0.25) is 9.98 Å². The number of allylic oxidation sites excluding steroid dienone is 2. The number of rotatable bonds is 7. The average Bonchev–Trinajstić information content (AvgIpc) is 3.34. The van der Waals surface area contributed by atoms with Crippen LogP contribution >= 0.6 is 0 Å². The van der Waals surface area contributed by atoms with Crippen LogP contribution in [0.4, 0.5) is 11.4 Å². The van der Waals surface area contributed by atoms with Crippen molar-refractivity contribution >= 4 is 47.0 Å². The Morgan fingerprint density at radius 1 is 0.600 bits per heavy atom. The Morgan fingerprint density at radius 3 is 1.80 bits per heavy atom. The van der Waals surface area contributed by atoms with Gasteiger partial charge >= 0.3 is 0 Å². The van der Waals surface area contributed by atoms with Crippen molar-refractivity contribution in [1.29, 1.82) is 0 Å². The topological polar surface area (TPSA) is 53.4 Å². The van der Waals surface area contributed by atoms with E-state index in [2.05, 4.69) is 39.2 Å². The maximum Gasteiger partial charge on any atom is 0.138 e. The fourth-order valence-electron chi connectivity index (χ4n) is 3.61. The van der Waals surface area contributed by atoms with Crippen LogP contribution in [0.15, 0.2) is 125 Å². The Morgan fingerprint density at radius 2 is 1.17 bits per heavy atom. The first-order valence-corrected chi connectivity index (χ1v) is 11.5. The molecule has 35 heavy (non-hydrogen) atoms. The lowest BCUT2D eigenvalue weighted by Gasteiger charge is -1.97. The molecular weight excluding hydrogens is 428 g/mol. The van der Waals surface area contributed by atoms with Crippen LogP contribution in [0, 0.1) is 0 Å². The molecule has 0 aliphatic heterocycles. The standard InChI is InChI=1S/C31H24N4/c1-3-9-24(10-4-1)13-7-21-32-27-17-15-26(16-18-27)31-34-29-20-19-28(23-30(29)35-31)33-22-8-14-25-11-5-2-6-12-25/h1-23H,(H,34,35)/b13-7+,14-8-,32-21?,33-22?. The summed E-state index contributed by atoms with van der Waals surface area (Å²) >= 11 is 0. The largest absolute Gasteiger partial charge is 0.338 e. The summed E-state index contributed by atoms with van der Waals surface area (Å²) in [5.74, 6) is 0.824. The van der Waals surface area contributed by atoms with E-state index in [4.69, 9.17) is 4.98 Å². The van der Waals surface area contributed by atoms with Crippen molar-refractivity contribution < 1.29 is 0 Å². The highest BCUT2D eigenvalue weighted by molar-refractivity contribution is 5.85. The van der Waals surface area contributed by atoms with Crippen molar-refractivity contribution in [3.8, 4) is 11.4 Å². The molecule has 168 valence electrons. The van der Waals surface area contributed by atoms with Gasteiger partial charge in [-0.15, -0.1) is 0 Å². The molecule has 1 aromatic heterocycles. The minimum absolute atomic E-state index is 0.824. The van der Waals surface area contributed by atoms with Crippen LogP contribution in [-0.2, 0) is 0 Å². The van der Waals surface area contributed by atoms with Crippen molar-refractivity contribution in [2.75, 3.05) is 0 Å². The Bertz CT molecular complexity index is 1510. The summed E-state index contributed by atoms with van der Waals surface area (Å²) in [5, 5.41) is 0. The molecule has 0 atom stereocenters. The lowest BCUT2D eigenvalue weighted by atomic mass is 10.2. The van der Waals surface area contributed by atoms with Gasteiger partial charge in [-0.05, 0) is 65.7 Å². The summed E-state index contributed by atoms with van der Waals surface area (Å²) in [6, 6.07) is 34.3. The quantitative estimate of drug-likeness (QED) is 0.249. The van der Waals surface area contributed by atoms with Crippen LogP contribution < -0.4 is 0 Å². The molecule has 0 amide bonds. The molecule has 4 heteroatoms. The number of hydrogen-bond acceptors (Lipinski definition) is 3. The summed E-state index contributed by atoms with van der Waals surface area (Å²) in [6.45, 7) is 0. The fraction of sp³-hybridized carbons (Fsp3) is 0. The van der Waals surface area contributed by atoms with Gasteiger partial charge < -0.3 is 4.98 Å². The summed E-state index contributed by atoms with van der Waals surface area (Å²) in [4.78, 5) is 17.2. The van der Waals surface area contributed by atoms with Gasteiger partial charge in [-0.1, -0.05) is 72.8 Å². The van der Waals surface area contributed by atoms with Gasteiger partial charge in [-0.2, -0.15) is 0 Å². The summed E-state index contributed by atoms with van der Waals surface area (Å²) in [5.41, 5.74) is 6.93. The van der Waals surface area contributed by atoms with Crippen LogP contribution in [-0.4, -0.2) is 22.4 Å². The first-order chi connectivity index (χ1) is 17.3. The highest BCUT2D eigenvalue weighted by Crippen LogP contribution is 2.25. The van der Waals surface area contributed by atoms with Crippen molar-refractivity contribution in [3.63, 3.8) is 0 Å². The van der Waals surface area contributed by atoms with Crippen LogP contribution in [0.25, 0.3) is 34.6 Å². The molecule has 1 N–H and O–H groups in total. The molecule has 0 unspecified atom stereocenters. The molecule has 0 aliphatic carbocycles. The minimum atomic E-state index is 0.824. The number of hydrogen-bond donors (Lipinski definition) is 1. The van der Waals surface area contributed by atoms with Crippen molar-refractivity contribution in [2.45, 2.75) is 0 Å². The minimum Gasteiger partial charge on any atom is -0.338 e. The van der Waals surface area contributed by atoms with E-state index < -0.39 is 0 Å². The molecule has 5 rings (SSSR count). The molecule has 4 aromatic carbocycles. The van der Waals surface area contributed by atoms with Crippen LogP contribution in [0.1, 0.15) is 11.1 Å². The van der Waals surface area contributed by atoms with Crippen LogP contribution in [0.2, 0.25) is 0 Å². The second-order valence-corrected chi connectivity index (χ2v) is 7.93. The number of aromatic nitrogens is 2. The number of nitrogens with one attached hydrogen (secondary N) is 1. The maximum absolute atomic E-state index is 4.73. The maximum atomic E-state index is 4.73. The van der Waals surface area contributed by atoms with Gasteiger partial charge in [0, 0.05) is 18.0 Å². The Labute approximate surface area is 204 Å². The molecule has 0 fully saturated rings. The predicted molar refractivity (Wildman–Crippen MR) is 149 cm³/mol. The normalized spacial score (nSPS) is 12.1. The zero-order chi connectivity index (χ0) is 23.7. The highest BCUT2D eigenvalue weighted by Gasteiger charge is 2.06. The zero-order valence-electron chi connectivity index (χ0n) is 19.1. The molecule has 0 saturated heterocycles. The summed E-state index contributed by atoms with van der Waals surface area (Å²) in [7, 11) is 0. The third-order valence-electron chi connectivity index (χ3n) is 5.40. The number of aliphatic imine (C=N–C) groups is 2. The van der Waals surface area contributed by atoms with Gasteiger partial charge in [0.15, 0.2) is 0 Å². The molecule has 4 nitrogen and oxygen atoms in total. The average molecular weight is 453 g/mol. The molecule has 0 spiro atoms. The first kappa shape index (κ1) is 22.0. The Balaban J connectivity index is 1.25. The second kappa shape index (κ2) is 10.9. The van der Waals surface area contributed by atoms with E-state index in [0.717, 1.165) is 44.9 Å². The number of benzene rings is 4. The summed E-state index contributed by atoms with van der Waals surface area (Å²) in [6.07, 6.45) is 11.6. The monoisotopic (exact) mass is 452 g/mol. The second-order valence-electron chi connectivity index (χ2n) is 7.93. The molecule has 0 aliphatic rings. The SMILES string of the molecule is C(/C=C/c1ccccc1)=Nc1ccc(-c2nc3ccc(N=C/C=C\c4ccccc4)cc3[nH]2)cc1. The number of aromatic amines is 1. The first-order valence-electron chi connectivity index (χ1n) is 11.5. The van der Waals surface area contributed by atoms with Crippen LogP contribution in [0.5, 0.6) is 0 Å². The highest BCUT2D eigenvalue weighted by atomic mass is 14.9. The smallest absolute Gasteiger partial charge is 0.138 e. The van der Waals surface area contributed by atoms with E-state index >= 15 is 0 Å². The van der Waals surface area contributed by atoms with E-state index in [9.17, 15) is 0 Å². The predicted octanol–water partition coefficient (Wildman–Crippen LogP) is 8.06. The number of nitrogens with zero attached hydrogens (tertiary/aromatic N) is 3.